The molecule has 112 valence electrons. The van der Waals surface area contributed by atoms with Gasteiger partial charge in [0.25, 0.3) is 0 Å². The van der Waals surface area contributed by atoms with Crippen LogP contribution in [0.3, 0.4) is 0 Å². The Morgan fingerprint density at radius 3 is 1.09 bits per heavy atom. The van der Waals surface area contributed by atoms with Crippen molar-refractivity contribution in [1.29, 1.82) is 0 Å². The van der Waals surface area contributed by atoms with Crippen LogP contribution in [0.25, 0.3) is 0 Å². The van der Waals surface area contributed by atoms with Crippen molar-refractivity contribution < 1.29 is 15.3 Å². The fourth-order valence-corrected chi connectivity index (χ4v) is 1.94. The third-order valence-corrected chi connectivity index (χ3v) is 3.11. The van der Waals surface area contributed by atoms with E-state index in [4.69, 9.17) is 5.11 Å². The van der Waals surface area contributed by atoms with Gasteiger partial charge in [0.15, 0.2) is 0 Å². The molecule has 0 aliphatic rings. The number of aliphatic hydroxyl groups is 2. The summed E-state index contributed by atoms with van der Waals surface area (Å²) in [6.45, 7) is 0. The molecule has 0 unspecified atom stereocenters. The lowest BCUT2D eigenvalue weighted by Crippen LogP contribution is -2.26. The maximum Gasteiger partial charge on any atom is 0.217 e. The second kappa shape index (κ2) is 7.41. The van der Waals surface area contributed by atoms with Crippen molar-refractivity contribution in [1.82, 2.24) is 0 Å². The zero-order valence-electron chi connectivity index (χ0n) is 12.0. The minimum atomic E-state index is -1.91. The summed E-state index contributed by atoms with van der Waals surface area (Å²) in [6.07, 6.45) is 0. The molecule has 0 saturated heterocycles. The fraction of sp³-hybridized carbons (Fsp3) is 0.0526. The van der Waals surface area contributed by atoms with E-state index in [0.29, 0.717) is 16.9 Å². The predicted octanol–water partition coefficient (Wildman–Crippen LogP) is 3.26. The summed E-state index contributed by atoms with van der Waals surface area (Å²) in [5, 5.41) is 28.7. The van der Waals surface area contributed by atoms with E-state index in [1.165, 1.54) is 0 Å². The van der Waals surface area contributed by atoms with Crippen LogP contribution in [0.4, 0.5) is 0 Å². The number of phenolic OH excluding ortho intramolecular Hbond substituents is 1. The van der Waals surface area contributed by atoms with E-state index in [9.17, 15) is 10.2 Å². The van der Waals surface area contributed by atoms with Gasteiger partial charge in [-0.3, -0.25) is 0 Å². The van der Waals surface area contributed by atoms with Crippen LogP contribution >= 0.6 is 0 Å². The Balaban J connectivity index is 0.000000211. The summed E-state index contributed by atoms with van der Waals surface area (Å²) in [7, 11) is 0. The second-order valence-electron chi connectivity index (χ2n) is 4.74. The summed E-state index contributed by atoms with van der Waals surface area (Å²) >= 11 is 0. The molecule has 0 spiro atoms. The average molecular weight is 294 g/mol. The van der Waals surface area contributed by atoms with Gasteiger partial charge >= 0.3 is 0 Å². The van der Waals surface area contributed by atoms with Gasteiger partial charge in [0.1, 0.15) is 5.75 Å². The Hall–Kier alpha value is -2.62. The molecule has 3 heteroatoms. The molecule has 0 aromatic heterocycles. The molecule has 0 aliphatic heterocycles. The Morgan fingerprint density at radius 2 is 0.818 bits per heavy atom. The van der Waals surface area contributed by atoms with Gasteiger partial charge in [-0.05, 0) is 12.1 Å². The van der Waals surface area contributed by atoms with Crippen LogP contribution < -0.4 is 0 Å². The minimum Gasteiger partial charge on any atom is -0.508 e. The number of phenols is 1. The lowest BCUT2D eigenvalue weighted by Gasteiger charge is -2.22. The Bertz CT molecular complexity index is 623. The average Bonchev–Trinajstić information content (AvgIpc) is 2.58. The third-order valence-electron chi connectivity index (χ3n) is 3.11. The number of para-hydroxylation sites is 1. The molecule has 22 heavy (non-hydrogen) atoms. The van der Waals surface area contributed by atoms with Gasteiger partial charge in [-0.25, -0.2) is 0 Å². The summed E-state index contributed by atoms with van der Waals surface area (Å²) in [5.74, 6) is -1.59. The van der Waals surface area contributed by atoms with Gasteiger partial charge in [0, 0.05) is 11.1 Å². The maximum absolute atomic E-state index is 10.0. The molecule has 0 aliphatic carbocycles. The van der Waals surface area contributed by atoms with Crippen molar-refractivity contribution in [3.63, 3.8) is 0 Å². The lowest BCUT2D eigenvalue weighted by atomic mass is 9.98. The first-order chi connectivity index (χ1) is 10.6. The van der Waals surface area contributed by atoms with E-state index < -0.39 is 5.79 Å². The quantitative estimate of drug-likeness (QED) is 0.636. The van der Waals surface area contributed by atoms with Crippen LogP contribution in [0.1, 0.15) is 11.1 Å². The SMILES string of the molecule is OC(O)(c1ccccc1)c1ccccc1.Oc1ccccc1. The van der Waals surface area contributed by atoms with Gasteiger partial charge in [-0.15, -0.1) is 0 Å². The van der Waals surface area contributed by atoms with Crippen LogP contribution in [0, 0.1) is 0 Å². The van der Waals surface area contributed by atoms with Crippen molar-refractivity contribution in [3.05, 3.63) is 102 Å². The number of hydrogen-bond acceptors (Lipinski definition) is 3. The van der Waals surface area contributed by atoms with Gasteiger partial charge in [-0.2, -0.15) is 0 Å². The molecule has 3 nitrogen and oxygen atoms in total. The number of benzene rings is 3. The largest absolute Gasteiger partial charge is 0.508 e. The Labute approximate surface area is 129 Å². The molecule has 0 radical (unpaired) electrons. The number of aromatic hydroxyl groups is 1. The monoisotopic (exact) mass is 294 g/mol. The maximum atomic E-state index is 10.0. The first-order valence-electron chi connectivity index (χ1n) is 6.90. The highest BCUT2D eigenvalue weighted by atomic mass is 16.5. The van der Waals surface area contributed by atoms with Gasteiger partial charge in [0.05, 0.1) is 0 Å². The highest BCUT2D eigenvalue weighted by Gasteiger charge is 2.27. The normalized spacial score (nSPS) is 10.5. The van der Waals surface area contributed by atoms with Crippen molar-refractivity contribution >= 4 is 0 Å². The van der Waals surface area contributed by atoms with Gasteiger partial charge in [0.2, 0.25) is 5.79 Å². The van der Waals surface area contributed by atoms with Crippen LogP contribution in [0.5, 0.6) is 5.75 Å². The third kappa shape index (κ3) is 4.19. The van der Waals surface area contributed by atoms with Crippen LogP contribution in [0.15, 0.2) is 91.0 Å². The zero-order valence-corrected chi connectivity index (χ0v) is 12.0. The van der Waals surface area contributed by atoms with E-state index >= 15 is 0 Å². The molecule has 3 aromatic rings. The van der Waals surface area contributed by atoms with Crippen molar-refractivity contribution in [2.45, 2.75) is 5.79 Å². The van der Waals surface area contributed by atoms with E-state index in [2.05, 4.69) is 0 Å². The molecular weight excluding hydrogens is 276 g/mol. The van der Waals surface area contributed by atoms with E-state index in [0.717, 1.165) is 0 Å². The fourth-order valence-electron chi connectivity index (χ4n) is 1.94. The van der Waals surface area contributed by atoms with Crippen molar-refractivity contribution in [2.24, 2.45) is 0 Å². The summed E-state index contributed by atoms with van der Waals surface area (Å²) in [6, 6.07) is 26.2. The molecule has 3 aromatic carbocycles. The molecule has 0 saturated carbocycles. The highest BCUT2D eigenvalue weighted by Crippen LogP contribution is 2.25. The van der Waals surface area contributed by atoms with Crippen molar-refractivity contribution in [3.8, 4) is 5.75 Å². The molecule has 0 bridgehead atoms. The Kier molecular flexibility index (Phi) is 5.31. The van der Waals surface area contributed by atoms with E-state index in [1.807, 2.05) is 18.2 Å². The van der Waals surface area contributed by atoms with E-state index in [-0.39, 0.29) is 0 Å². The molecule has 0 heterocycles. The summed E-state index contributed by atoms with van der Waals surface area (Å²) in [4.78, 5) is 0. The summed E-state index contributed by atoms with van der Waals surface area (Å²) < 4.78 is 0. The minimum absolute atomic E-state index is 0.322. The predicted molar refractivity (Wildman–Crippen MR) is 86.2 cm³/mol. The molecule has 3 N–H and O–H groups in total. The molecule has 3 rings (SSSR count). The second-order valence-corrected chi connectivity index (χ2v) is 4.74. The molecule has 0 fully saturated rings. The summed E-state index contributed by atoms with van der Waals surface area (Å²) in [5.41, 5.74) is 0.937. The van der Waals surface area contributed by atoms with Crippen LogP contribution in [-0.4, -0.2) is 15.3 Å². The van der Waals surface area contributed by atoms with Gasteiger partial charge < -0.3 is 15.3 Å². The topological polar surface area (TPSA) is 60.7 Å². The van der Waals surface area contributed by atoms with Gasteiger partial charge in [-0.1, -0.05) is 78.9 Å². The Morgan fingerprint density at radius 1 is 0.500 bits per heavy atom. The highest BCUT2D eigenvalue weighted by molar-refractivity contribution is 5.32. The van der Waals surface area contributed by atoms with E-state index in [1.54, 1.807) is 72.8 Å². The molecule has 0 atom stereocenters. The standard InChI is InChI=1S/C13H12O2.C6H6O/c14-13(15,11-7-3-1-4-8-11)12-9-5-2-6-10-12;7-6-4-2-1-3-5-6/h1-10,14-15H;1-5,7H. The molecular formula is C19H18O3. The van der Waals surface area contributed by atoms with Crippen LogP contribution in [0.2, 0.25) is 0 Å². The zero-order chi connectivity index (χ0) is 15.8. The van der Waals surface area contributed by atoms with Crippen LogP contribution in [-0.2, 0) is 5.79 Å². The molecule has 0 amide bonds. The number of rotatable bonds is 2. The van der Waals surface area contributed by atoms with Crippen molar-refractivity contribution in [2.75, 3.05) is 0 Å². The number of hydrogen-bond donors (Lipinski definition) is 3. The first-order valence-corrected chi connectivity index (χ1v) is 6.90. The first kappa shape index (κ1) is 15.8. The smallest absolute Gasteiger partial charge is 0.217 e. The lowest BCUT2D eigenvalue weighted by molar-refractivity contribution is -0.132.